The van der Waals surface area contributed by atoms with Crippen LogP contribution in [0.1, 0.15) is 25.0 Å². The molecule has 2 amide bonds. The summed E-state index contributed by atoms with van der Waals surface area (Å²) >= 11 is 0.738. The average Bonchev–Trinajstić information content (AvgIpc) is 2.95. The second kappa shape index (κ2) is 9.58. The average molecular weight is 429 g/mol. The molecule has 0 radical (unpaired) electrons. The van der Waals surface area contributed by atoms with Crippen LogP contribution in [0.4, 0.5) is 9.18 Å². The fraction of sp³-hybridized carbons (Fsp3) is 0.227. The van der Waals surface area contributed by atoms with Crippen molar-refractivity contribution in [2.75, 3.05) is 6.54 Å². The van der Waals surface area contributed by atoms with Crippen LogP contribution >= 0.6 is 11.8 Å². The van der Waals surface area contributed by atoms with Crippen LogP contribution in [0.25, 0.3) is 6.08 Å². The molecule has 2 aromatic rings. The summed E-state index contributed by atoms with van der Waals surface area (Å²) in [6.07, 6.45) is 1.18. The number of hydrogen-bond donors (Lipinski definition) is 0. The summed E-state index contributed by atoms with van der Waals surface area (Å²) in [7, 11) is 0. The Kier molecular flexibility index (Phi) is 6.89. The molecule has 2 aromatic carbocycles. The van der Waals surface area contributed by atoms with Gasteiger partial charge in [0.05, 0.1) is 11.0 Å². The number of imide groups is 1. The molecule has 30 heavy (non-hydrogen) atoms. The Bertz CT molecular complexity index is 1000. The van der Waals surface area contributed by atoms with Gasteiger partial charge >= 0.3 is 5.97 Å². The highest BCUT2D eigenvalue weighted by molar-refractivity contribution is 8.18. The number of carbonyl (C=O) groups is 3. The largest absolute Gasteiger partial charge is 0.488 e. The minimum atomic E-state index is -0.651. The first-order chi connectivity index (χ1) is 14.3. The van der Waals surface area contributed by atoms with Crippen LogP contribution < -0.4 is 4.74 Å². The second-order valence-electron chi connectivity index (χ2n) is 6.72. The number of halogens is 1. The summed E-state index contributed by atoms with van der Waals surface area (Å²) in [6, 6.07) is 13.2. The summed E-state index contributed by atoms with van der Waals surface area (Å²) in [4.78, 5) is 37.6. The maximum atomic E-state index is 13.8. The van der Waals surface area contributed by atoms with E-state index in [2.05, 4.69) is 0 Å². The van der Waals surface area contributed by atoms with Crippen molar-refractivity contribution in [3.63, 3.8) is 0 Å². The summed E-state index contributed by atoms with van der Waals surface area (Å²) in [5.74, 6) is -1.16. The van der Waals surface area contributed by atoms with E-state index < -0.39 is 23.7 Å². The van der Waals surface area contributed by atoms with Crippen molar-refractivity contribution in [1.29, 1.82) is 0 Å². The van der Waals surface area contributed by atoms with Crippen LogP contribution in [0, 0.1) is 5.82 Å². The van der Waals surface area contributed by atoms with Crippen molar-refractivity contribution in [2.24, 2.45) is 0 Å². The molecule has 0 N–H and O–H groups in total. The van der Waals surface area contributed by atoms with Gasteiger partial charge in [-0.3, -0.25) is 19.3 Å². The molecule has 0 aromatic heterocycles. The van der Waals surface area contributed by atoms with Crippen molar-refractivity contribution in [2.45, 2.75) is 26.6 Å². The number of amides is 2. The third-order valence-corrected chi connectivity index (χ3v) is 4.98. The molecular weight excluding hydrogens is 409 g/mol. The first-order valence-corrected chi connectivity index (χ1v) is 10.1. The molecule has 3 rings (SSSR count). The van der Waals surface area contributed by atoms with Gasteiger partial charge < -0.3 is 9.47 Å². The van der Waals surface area contributed by atoms with Crippen LogP contribution in [0.5, 0.6) is 5.75 Å². The van der Waals surface area contributed by atoms with E-state index in [1.165, 1.54) is 12.1 Å². The fourth-order valence-corrected chi connectivity index (χ4v) is 3.54. The van der Waals surface area contributed by atoms with Crippen molar-refractivity contribution in [1.82, 2.24) is 4.90 Å². The second-order valence-corrected chi connectivity index (χ2v) is 7.72. The molecule has 156 valence electrons. The molecule has 1 heterocycles. The molecule has 0 bridgehead atoms. The molecule has 0 atom stereocenters. The van der Waals surface area contributed by atoms with Gasteiger partial charge in [-0.25, -0.2) is 4.39 Å². The van der Waals surface area contributed by atoms with E-state index in [9.17, 15) is 18.8 Å². The van der Waals surface area contributed by atoms with E-state index in [1.807, 2.05) is 0 Å². The molecule has 6 nitrogen and oxygen atoms in total. The van der Waals surface area contributed by atoms with E-state index in [4.69, 9.17) is 9.47 Å². The van der Waals surface area contributed by atoms with Gasteiger partial charge in [0.1, 0.15) is 24.7 Å². The molecular formula is C22H20FNO5S. The molecule has 1 saturated heterocycles. The number of thioether (sulfide) groups is 1. The van der Waals surface area contributed by atoms with E-state index >= 15 is 0 Å². The van der Waals surface area contributed by atoms with Crippen LogP contribution in [0.2, 0.25) is 0 Å². The van der Waals surface area contributed by atoms with Crippen LogP contribution in [0.3, 0.4) is 0 Å². The number of esters is 1. The smallest absolute Gasteiger partial charge is 0.326 e. The lowest BCUT2D eigenvalue weighted by Crippen LogP contribution is -2.35. The number of hydrogen-bond acceptors (Lipinski definition) is 6. The van der Waals surface area contributed by atoms with Gasteiger partial charge in [-0.15, -0.1) is 0 Å². The minimum absolute atomic E-state index is 0.0139. The standard InChI is InChI=1S/C22H20FNO5S/c1-14(2)29-20(25)12-24-21(26)19(30-22(24)27)11-15-7-4-6-10-18(15)28-13-16-8-3-5-9-17(16)23/h3-11,14H,12-13H2,1-2H3/b19-11-. The van der Waals surface area contributed by atoms with Gasteiger partial charge in [0.25, 0.3) is 11.1 Å². The molecule has 0 saturated carbocycles. The van der Waals surface area contributed by atoms with Crippen LogP contribution in [0.15, 0.2) is 53.4 Å². The Hall–Kier alpha value is -3.13. The van der Waals surface area contributed by atoms with Crippen LogP contribution in [-0.2, 0) is 20.9 Å². The van der Waals surface area contributed by atoms with E-state index in [1.54, 1.807) is 56.3 Å². The zero-order valence-electron chi connectivity index (χ0n) is 16.5. The van der Waals surface area contributed by atoms with E-state index in [-0.39, 0.29) is 23.4 Å². The topological polar surface area (TPSA) is 72.9 Å². The highest BCUT2D eigenvalue weighted by Crippen LogP contribution is 2.34. The molecule has 1 aliphatic rings. The lowest BCUT2D eigenvalue weighted by Gasteiger charge is -2.13. The number of benzene rings is 2. The van der Waals surface area contributed by atoms with Gasteiger partial charge in [0, 0.05) is 11.1 Å². The first-order valence-electron chi connectivity index (χ1n) is 9.25. The molecule has 0 spiro atoms. The molecule has 0 aliphatic carbocycles. The fourth-order valence-electron chi connectivity index (χ4n) is 2.71. The van der Waals surface area contributed by atoms with Gasteiger partial charge in [0.2, 0.25) is 0 Å². The number of carbonyl (C=O) groups excluding carboxylic acids is 3. The molecule has 0 unspecified atom stereocenters. The summed E-state index contributed by atoms with van der Waals surface area (Å²) in [5, 5.41) is -0.545. The Morgan fingerprint density at radius 1 is 1.13 bits per heavy atom. The molecule has 1 aliphatic heterocycles. The normalized spacial score (nSPS) is 15.2. The van der Waals surface area contributed by atoms with Crippen molar-refractivity contribution < 1.29 is 28.2 Å². The Morgan fingerprint density at radius 3 is 2.57 bits per heavy atom. The third kappa shape index (κ3) is 5.27. The minimum Gasteiger partial charge on any atom is -0.488 e. The van der Waals surface area contributed by atoms with Crippen molar-refractivity contribution in [3.8, 4) is 5.75 Å². The number of nitrogens with zero attached hydrogens (tertiary/aromatic N) is 1. The Morgan fingerprint density at radius 2 is 1.83 bits per heavy atom. The summed E-state index contributed by atoms with van der Waals surface area (Å²) in [5.41, 5.74) is 0.959. The number of ether oxygens (including phenoxy) is 2. The summed E-state index contributed by atoms with van der Waals surface area (Å²) < 4.78 is 24.6. The zero-order chi connectivity index (χ0) is 21.7. The van der Waals surface area contributed by atoms with Crippen molar-refractivity contribution in [3.05, 3.63) is 70.4 Å². The van der Waals surface area contributed by atoms with Crippen LogP contribution in [-0.4, -0.2) is 34.7 Å². The predicted molar refractivity (Wildman–Crippen MR) is 111 cm³/mol. The van der Waals surface area contributed by atoms with E-state index in [0.29, 0.717) is 16.9 Å². The lowest BCUT2D eigenvalue weighted by molar-refractivity contribution is -0.149. The predicted octanol–water partition coefficient (Wildman–Crippen LogP) is 4.39. The highest BCUT2D eigenvalue weighted by atomic mass is 32.2. The summed E-state index contributed by atoms with van der Waals surface area (Å²) in [6.45, 7) is 2.94. The molecule has 8 heteroatoms. The zero-order valence-corrected chi connectivity index (χ0v) is 17.3. The Labute approximate surface area is 177 Å². The van der Waals surface area contributed by atoms with Gasteiger partial charge in [0.15, 0.2) is 0 Å². The monoisotopic (exact) mass is 429 g/mol. The quantitative estimate of drug-likeness (QED) is 0.480. The van der Waals surface area contributed by atoms with Gasteiger partial charge in [-0.1, -0.05) is 36.4 Å². The van der Waals surface area contributed by atoms with Gasteiger partial charge in [-0.2, -0.15) is 0 Å². The van der Waals surface area contributed by atoms with Crippen molar-refractivity contribution >= 4 is 35.0 Å². The third-order valence-electron chi connectivity index (χ3n) is 4.07. The van der Waals surface area contributed by atoms with Gasteiger partial charge in [-0.05, 0) is 43.8 Å². The molecule has 1 fully saturated rings. The maximum absolute atomic E-state index is 13.8. The highest BCUT2D eigenvalue weighted by Gasteiger charge is 2.37. The first kappa shape index (κ1) is 21.6. The number of para-hydroxylation sites is 1. The number of rotatable bonds is 7. The Balaban J connectivity index is 1.75. The van der Waals surface area contributed by atoms with E-state index in [0.717, 1.165) is 16.7 Å². The maximum Gasteiger partial charge on any atom is 0.326 e. The lowest BCUT2D eigenvalue weighted by atomic mass is 10.1. The SMILES string of the molecule is CC(C)OC(=O)CN1C(=O)S/C(=C\c2ccccc2OCc2ccccc2F)C1=O.